The van der Waals surface area contributed by atoms with Crippen LogP contribution in [0.25, 0.3) is 11.0 Å². The fraction of sp³-hybridized carbons (Fsp3) is 0.130. The Bertz CT molecular complexity index is 1370. The number of urea groups is 1. The lowest BCUT2D eigenvalue weighted by Gasteiger charge is -2.37. The van der Waals surface area contributed by atoms with E-state index in [4.69, 9.17) is 16.3 Å². The molecule has 5 rings (SSSR count). The van der Waals surface area contributed by atoms with E-state index >= 15 is 8.78 Å². The largest absolute Gasteiger partial charge is 0.494 e. The first-order valence-electron chi connectivity index (χ1n) is 9.75. The predicted octanol–water partition coefficient (Wildman–Crippen LogP) is 6.09. The van der Waals surface area contributed by atoms with E-state index in [0.717, 1.165) is 4.90 Å². The third kappa shape index (κ3) is 2.98. The van der Waals surface area contributed by atoms with Gasteiger partial charge in [-0.05, 0) is 48.9 Å². The standard InChI is InChI=1S/C23H17ClF2N4O2/c1-12-9-17(32-2)19(26)21(18(12)25)29-11-13-10-28-22-16(7-8-27-22)20(13)30(23(29)31)15-5-3-14(24)4-6-15/h3-10H,11H2,1-2H3,(H,27,28). The van der Waals surface area contributed by atoms with E-state index in [1.165, 1.54) is 25.0 Å². The first-order valence-corrected chi connectivity index (χ1v) is 10.1. The molecule has 1 aliphatic heterocycles. The Kier molecular flexibility index (Phi) is 4.74. The number of carbonyl (C=O) groups excluding carboxylic acids is 1. The van der Waals surface area contributed by atoms with Crippen molar-refractivity contribution in [2.45, 2.75) is 13.5 Å². The molecule has 4 aromatic rings. The molecule has 162 valence electrons. The van der Waals surface area contributed by atoms with Gasteiger partial charge in [0, 0.05) is 28.4 Å². The number of H-pyrrole nitrogens is 1. The number of ether oxygens (including phenoxy) is 1. The zero-order valence-electron chi connectivity index (χ0n) is 17.1. The van der Waals surface area contributed by atoms with Crippen molar-refractivity contribution in [2.24, 2.45) is 0 Å². The molecule has 1 aliphatic rings. The average molecular weight is 455 g/mol. The molecule has 0 saturated carbocycles. The Morgan fingerprint density at radius 1 is 1.12 bits per heavy atom. The van der Waals surface area contributed by atoms with Gasteiger partial charge in [0.05, 0.1) is 25.0 Å². The quantitative estimate of drug-likeness (QED) is 0.407. The first kappa shape index (κ1) is 20.3. The number of anilines is 3. The molecule has 1 N–H and O–H groups in total. The molecule has 0 atom stereocenters. The molecule has 0 radical (unpaired) electrons. The SMILES string of the molecule is COc1cc(C)c(F)c(N2Cc3cnc4[nH]ccc4c3N(c3ccc(Cl)cc3)C2=O)c1F. The minimum absolute atomic E-state index is 0.0627. The maximum Gasteiger partial charge on any atom is 0.334 e. The highest BCUT2D eigenvalue weighted by molar-refractivity contribution is 6.30. The van der Waals surface area contributed by atoms with Crippen molar-refractivity contribution in [3.63, 3.8) is 0 Å². The number of nitrogens with zero attached hydrogens (tertiary/aromatic N) is 3. The second-order valence-corrected chi connectivity index (χ2v) is 7.86. The smallest absolute Gasteiger partial charge is 0.334 e. The van der Waals surface area contributed by atoms with Gasteiger partial charge in [-0.1, -0.05) is 11.6 Å². The number of rotatable bonds is 3. The Balaban J connectivity index is 1.77. The highest BCUT2D eigenvalue weighted by Crippen LogP contribution is 2.43. The molecule has 9 heteroatoms. The molecule has 2 aromatic carbocycles. The summed E-state index contributed by atoms with van der Waals surface area (Å²) in [6.07, 6.45) is 3.32. The lowest BCUT2D eigenvalue weighted by molar-refractivity contribution is 0.252. The van der Waals surface area contributed by atoms with Gasteiger partial charge in [-0.25, -0.2) is 18.6 Å². The van der Waals surface area contributed by atoms with Gasteiger partial charge in [0.1, 0.15) is 11.3 Å². The van der Waals surface area contributed by atoms with Crippen LogP contribution in [0.1, 0.15) is 11.1 Å². The van der Waals surface area contributed by atoms with Gasteiger partial charge in [0.15, 0.2) is 17.4 Å². The number of hydrogen-bond acceptors (Lipinski definition) is 3. The number of carbonyl (C=O) groups is 1. The van der Waals surface area contributed by atoms with Crippen LogP contribution in [0.2, 0.25) is 5.02 Å². The number of aromatic nitrogens is 2. The fourth-order valence-corrected chi connectivity index (χ4v) is 4.11. The van der Waals surface area contributed by atoms with Gasteiger partial charge in [-0.15, -0.1) is 0 Å². The zero-order chi connectivity index (χ0) is 22.6. The molecule has 2 aromatic heterocycles. The van der Waals surface area contributed by atoms with Crippen molar-refractivity contribution in [3.05, 3.63) is 76.6 Å². The summed E-state index contributed by atoms with van der Waals surface area (Å²) < 4.78 is 35.4. The Morgan fingerprint density at radius 2 is 1.88 bits per heavy atom. The summed E-state index contributed by atoms with van der Waals surface area (Å²) in [6.45, 7) is 1.43. The van der Waals surface area contributed by atoms with E-state index in [1.807, 2.05) is 6.07 Å². The summed E-state index contributed by atoms with van der Waals surface area (Å²) in [7, 11) is 1.29. The first-order chi connectivity index (χ1) is 15.4. The molecule has 0 unspecified atom stereocenters. The Morgan fingerprint density at radius 3 is 2.59 bits per heavy atom. The number of fused-ring (bicyclic) bond motifs is 3. The van der Waals surface area contributed by atoms with Crippen LogP contribution >= 0.6 is 11.6 Å². The summed E-state index contributed by atoms with van der Waals surface area (Å²) >= 11 is 6.04. The van der Waals surface area contributed by atoms with Crippen molar-refractivity contribution in [3.8, 4) is 5.75 Å². The van der Waals surface area contributed by atoms with Gasteiger partial charge >= 0.3 is 6.03 Å². The number of aryl methyl sites for hydroxylation is 1. The summed E-state index contributed by atoms with van der Waals surface area (Å²) in [5.74, 6) is -1.92. The van der Waals surface area contributed by atoms with Crippen LogP contribution in [0.4, 0.5) is 30.6 Å². The van der Waals surface area contributed by atoms with E-state index in [0.29, 0.717) is 33.0 Å². The highest BCUT2D eigenvalue weighted by atomic mass is 35.5. The minimum Gasteiger partial charge on any atom is -0.494 e. The van der Waals surface area contributed by atoms with Gasteiger partial charge in [-0.2, -0.15) is 0 Å². The van der Waals surface area contributed by atoms with Crippen LogP contribution in [0.5, 0.6) is 5.75 Å². The number of nitrogens with one attached hydrogen (secondary N) is 1. The number of hydrogen-bond donors (Lipinski definition) is 1. The monoisotopic (exact) mass is 454 g/mol. The summed E-state index contributed by atoms with van der Waals surface area (Å²) in [5, 5.41) is 1.21. The second-order valence-electron chi connectivity index (χ2n) is 7.42. The van der Waals surface area contributed by atoms with Crippen molar-refractivity contribution in [1.82, 2.24) is 9.97 Å². The van der Waals surface area contributed by atoms with E-state index in [9.17, 15) is 4.79 Å². The summed E-state index contributed by atoms with van der Waals surface area (Å²) in [5.41, 5.74) is 2.02. The van der Waals surface area contributed by atoms with E-state index in [1.54, 1.807) is 36.7 Å². The molecule has 0 spiro atoms. The van der Waals surface area contributed by atoms with Crippen LogP contribution in [0.3, 0.4) is 0 Å². The number of benzene rings is 2. The normalized spacial score (nSPS) is 13.6. The van der Waals surface area contributed by atoms with Crippen molar-refractivity contribution < 1.29 is 18.3 Å². The average Bonchev–Trinajstić information content (AvgIpc) is 3.27. The number of pyridine rings is 1. The van der Waals surface area contributed by atoms with E-state index < -0.39 is 23.4 Å². The van der Waals surface area contributed by atoms with E-state index in [-0.39, 0.29) is 17.9 Å². The summed E-state index contributed by atoms with van der Waals surface area (Å²) in [4.78, 5) is 23.7. The molecule has 0 fully saturated rings. The Hall–Kier alpha value is -3.65. The number of aromatic amines is 1. The van der Waals surface area contributed by atoms with Crippen LogP contribution < -0.4 is 14.5 Å². The molecule has 0 saturated heterocycles. The molecular weight excluding hydrogens is 438 g/mol. The predicted molar refractivity (Wildman–Crippen MR) is 119 cm³/mol. The van der Waals surface area contributed by atoms with Gasteiger partial charge in [-0.3, -0.25) is 9.80 Å². The maximum atomic E-state index is 15.2. The topological polar surface area (TPSA) is 61.5 Å². The van der Waals surface area contributed by atoms with Crippen LogP contribution in [0, 0.1) is 18.6 Å². The van der Waals surface area contributed by atoms with E-state index in [2.05, 4.69) is 9.97 Å². The number of methoxy groups -OCH3 is 1. The lowest BCUT2D eigenvalue weighted by Crippen LogP contribution is -2.46. The number of halogens is 3. The third-order valence-corrected chi connectivity index (χ3v) is 5.76. The molecule has 32 heavy (non-hydrogen) atoms. The number of amides is 2. The Labute approximate surface area is 187 Å². The van der Waals surface area contributed by atoms with Gasteiger partial charge in [0.25, 0.3) is 0 Å². The van der Waals surface area contributed by atoms with Gasteiger partial charge < -0.3 is 9.72 Å². The molecule has 0 aliphatic carbocycles. The molecular formula is C23H17ClF2N4O2. The fourth-order valence-electron chi connectivity index (χ4n) is 3.98. The summed E-state index contributed by atoms with van der Waals surface area (Å²) in [6, 6.07) is 9.11. The van der Waals surface area contributed by atoms with Crippen molar-refractivity contribution >= 4 is 45.7 Å². The van der Waals surface area contributed by atoms with Crippen LogP contribution in [-0.2, 0) is 6.54 Å². The van der Waals surface area contributed by atoms with Crippen molar-refractivity contribution in [2.75, 3.05) is 16.9 Å². The maximum absolute atomic E-state index is 15.2. The third-order valence-electron chi connectivity index (χ3n) is 5.51. The minimum atomic E-state index is -0.945. The highest BCUT2D eigenvalue weighted by Gasteiger charge is 2.38. The molecule has 0 bridgehead atoms. The van der Waals surface area contributed by atoms with Crippen LogP contribution in [0.15, 0.2) is 48.8 Å². The molecule has 3 heterocycles. The zero-order valence-corrected chi connectivity index (χ0v) is 17.9. The molecule has 2 amide bonds. The van der Waals surface area contributed by atoms with Gasteiger partial charge in [0.2, 0.25) is 0 Å². The lowest BCUT2D eigenvalue weighted by atomic mass is 10.1. The molecule has 6 nitrogen and oxygen atoms in total. The second kappa shape index (κ2) is 7.49. The van der Waals surface area contributed by atoms with Crippen LogP contribution in [-0.4, -0.2) is 23.1 Å². The van der Waals surface area contributed by atoms with Crippen molar-refractivity contribution in [1.29, 1.82) is 0 Å².